The Balaban J connectivity index is 2.99. The van der Waals surface area contributed by atoms with Crippen LogP contribution in [-0.4, -0.2) is 35.6 Å². The van der Waals surface area contributed by atoms with Crippen LogP contribution in [0.3, 0.4) is 0 Å². The Hall–Kier alpha value is -2.51. The maximum absolute atomic E-state index is 12.3. The van der Waals surface area contributed by atoms with E-state index in [4.69, 9.17) is 0 Å². The van der Waals surface area contributed by atoms with Gasteiger partial charge in [0.05, 0.1) is 28.5 Å². The number of nitrogens with one attached hydrogen (secondary N) is 1. The van der Waals surface area contributed by atoms with Crippen LogP contribution in [0.5, 0.6) is 0 Å². The van der Waals surface area contributed by atoms with Crippen LogP contribution in [0.4, 0.5) is 0 Å². The van der Waals surface area contributed by atoms with Crippen LogP contribution in [0.1, 0.15) is 13.8 Å². The molecule has 0 bridgehead atoms. The molecule has 0 unspecified atom stereocenters. The minimum Gasteiger partial charge on any atom is -0.335 e. The topological polar surface area (TPSA) is 97.0 Å². The molecule has 24 heavy (non-hydrogen) atoms. The van der Waals surface area contributed by atoms with Gasteiger partial charge >= 0.3 is 0 Å². The molecule has 2 amide bonds. The molecule has 0 spiro atoms. The van der Waals surface area contributed by atoms with E-state index in [0.29, 0.717) is 23.7 Å². The largest absolute Gasteiger partial charge is 0.335 e. The molecule has 0 fully saturated rings. The van der Waals surface area contributed by atoms with E-state index < -0.39 is 17.2 Å². The predicted molar refractivity (Wildman–Crippen MR) is 93.1 cm³/mol. The second-order valence-corrected chi connectivity index (χ2v) is 6.74. The molecule has 0 saturated carbocycles. The van der Waals surface area contributed by atoms with Crippen molar-refractivity contribution in [3.63, 3.8) is 0 Å². The summed E-state index contributed by atoms with van der Waals surface area (Å²) < 4.78 is 0. The Labute approximate surface area is 146 Å². The van der Waals surface area contributed by atoms with Crippen molar-refractivity contribution in [1.82, 2.24) is 10.2 Å². The molecule has 7 heteroatoms. The van der Waals surface area contributed by atoms with E-state index in [0.717, 1.165) is 11.8 Å². The number of rotatable bonds is 7. The zero-order valence-corrected chi connectivity index (χ0v) is 14.7. The van der Waals surface area contributed by atoms with E-state index >= 15 is 0 Å². The molecule has 1 rings (SSSR count). The van der Waals surface area contributed by atoms with E-state index in [9.17, 15) is 20.1 Å². The van der Waals surface area contributed by atoms with E-state index in [-0.39, 0.29) is 11.7 Å². The molecule has 126 valence electrons. The number of amides is 2. The highest BCUT2D eigenvalue weighted by Gasteiger charge is 2.44. The number of hydrogen-bond donors (Lipinski definition) is 1. The highest BCUT2D eigenvalue weighted by Crippen LogP contribution is 2.41. The van der Waals surface area contributed by atoms with Crippen molar-refractivity contribution >= 4 is 23.6 Å². The van der Waals surface area contributed by atoms with Crippen LogP contribution in [0.2, 0.25) is 0 Å². The smallest absolute Gasteiger partial charge is 0.243 e. The number of carbonyl (C=O) groups excluding carboxylic acids is 2. The number of nitrogens with zero attached hydrogens (tertiary/aromatic N) is 3. The molecule has 0 aromatic heterocycles. The van der Waals surface area contributed by atoms with Crippen LogP contribution < -0.4 is 5.32 Å². The van der Waals surface area contributed by atoms with Gasteiger partial charge < -0.3 is 10.2 Å². The summed E-state index contributed by atoms with van der Waals surface area (Å²) >= 11 is 1.09. The third-order valence-electron chi connectivity index (χ3n) is 3.72. The van der Waals surface area contributed by atoms with Gasteiger partial charge in [0.1, 0.15) is 5.92 Å². The fourth-order valence-electron chi connectivity index (χ4n) is 2.35. The van der Waals surface area contributed by atoms with Crippen LogP contribution >= 0.6 is 11.8 Å². The van der Waals surface area contributed by atoms with Gasteiger partial charge in [-0.25, -0.2) is 0 Å². The summed E-state index contributed by atoms with van der Waals surface area (Å²) in [4.78, 5) is 25.9. The third kappa shape index (κ3) is 4.06. The van der Waals surface area contributed by atoms with Gasteiger partial charge in [-0.2, -0.15) is 10.5 Å². The second kappa shape index (κ2) is 8.37. The molecule has 0 aliphatic carbocycles. The summed E-state index contributed by atoms with van der Waals surface area (Å²) in [5, 5.41) is 21.5. The number of carbonyl (C=O) groups is 2. The van der Waals surface area contributed by atoms with Crippen LogP contribution in [0, 0.1) is 34.0 Å². The lowest BCUT2D eigenvalue weighted by Crippen LogP contribution is -2.44. The van der Waals surface area contributed by atoms with Crippen molar-refractivity contribution in [2.45, 2.75) is 13.8 Å². The van der Waals surface area contributed by atoms with Gasteiger partial charge in [-0.1, -0.05) is 37.8 Å². The summed E-state index contributed by atoms with van der Waals surface area (Å²) in [5.74, 6) is -1.48. The number of allylic oxidation sites excluding steroid dienone is 1. The Morgan fingerprint density at radius 1 is 1.38 bits per heavy atom. The fourth-order valence-corrected chi connectivity index (χ4v) is 3.43. The van der Waals surface area contributed by atoms with Crippen molar-refractivity contribution < 1.29 is 9.59 Å². The maximum atomic E-state index is 12.3. The SMILES string of the molecule is C=CCN(CC=C)C(=O)CSC1=C(C#N)C(C)(C)[C@@H](C#N)C(=O)N1. The first-order valence-corrected chi connectivity index (χ1v) is 8.29. The van der Waals surface area contributed by atoms with Crippen LogP contribution in [-0.2, 0) is 9.59 Å². The standard InChI is InChI=1S/C17H20N4O2S/c1-5-7-21(8-6-2)14(22)11-24-16-13(10-19)17(3,4)12(9-18)15(23)20-16/h5-6,12H,1-2,7-8,11H2,3-4H3,(H,20,23)/t12-/m0/s1. The lowest BCUT2D eigenvalue weighted by Gasteiger charge is -2.34. The molecule has 1 N–H and O–H groups in total. The van der Waals surface area contributed by atoms with E-state index in [1.54, 1.807) is 30.9 Å². The highest BCUT2D eigenvalue weighted by atomic mass is 32.2. The van der Waals surface area contributed by atoms with Gasteiger partial charge in [0.2, 0.25) is 11.8 Å². The van der Waals surface area contributed by atoms with E-state index in [1.165, 1.54) is 0 Å². The summed E-state index contributed by atoms with van der Waals surface area (Å²) in [7, 11) is 0. The molecular formula is C17H20N4O2S. The lowest BCUT2D eigenvalue weighted by atomic mass is 9.72. The molecule has 1 heterocycles. The van der Waals surface area contributed by atoms with Gasteiger partial charge in [-0.3, -0.25) is 9.59 Å². The zero-order valence-electron chi connectivity index (χ0n) is 13.8. The Kier molecular flexibility index (Phi) is 6.82. The van der Waals surface area contributed by atoms with Crippen LogP contribution in [0.15, 0.2) is 35.9 Å². The Morgan fingerprint density at radius 3 is 2.42 bits per heavy atom. The van der Waals surface area contributed by atoms with Crippen molar-refractivity contribution in [3.8, 4) is 12.1 Å². The minimum atomic E-state index is -0.940. The van der Waals surface area contributed by atoms with E-state index in [1.807, 2.05) is 6.07 Å². The highest BCUT2D eigenvalue weighted by molar-refractivity contribution is 8.03. The molecular weight excluding hydrogens is 324 g/mol. The molecule has 0 aromatic rings. The average molecular weight is 344 g/mol. The van der Waals surface area contributed by atoms with Crippen molar-refractivity contribution in [2.24, 2.45) is 11.3 Å². The fraction of sp³-hybridized carbons (Fsp3) is 0.412. The maximum Gasteiger partial charge on any atom is 0.243 e. The molecule has 0 saturated heterocycles. The average Bonchev–Trinajstić information content (AvgIpc) is 2.51. The van der Waals surface area contributed by atoms with Crippen molar-refractivity contribution in [2.75, 3.05) is 18.8 Å². The van der Waals surface area contributed by atoms with Gasteiger partial charge in [0.15, 0.2) is 0 Å². The number of thioether (sulfide) groups is 1. The first-order chi connectivity index (χ1) is 11.3. The summed E-state index contributed by atoms with van der Waals surface area (Å²) in [5.41, 5.74) is -0.593. The van der Waals surface area contributed by atoms with Crippen LogP contribution in [0.25, 0.3) is 0 Å². The van der Waals surface area contributed by atoms with Gasteiger partial charge in [0.25, 0.3) is 0 Å². The molecule has 6 nitrogen and oxygen atoms in total. The zero-order chi connectivity index (χ0) is 18.3. The summed E-state index contributed by atoms with van der Waals surface area (Å²) in [6.45, 7) is 11.4. The van der Waals surface area contributed by atoms with Crippen molar-refractivity contribution in [1.29, 1.82) is 10.5 Å². The van der Waals surface area contributed by atoms with E-state index in [2.05, 4.69) is 24.5 Å². The number of hydrogen-bond acceptors (Lipinski definition) is 5. The van der Waals surface area contributed by atoms with Gasteiger partial charge in [-0.15, -0.1) is 13.2 Å². The first kappa shape index (κ1) is 19.5. The Bertz CT molecular complexity index is 657. The molecule has 0 aromatic carbocycles. The minimum absolute atomic E-state index is 0.0653. The van der Waals surface area contributed by atoms with Gasteiger partial charge in [-0.05, 0) is 0 Å². The number of nitriles is 2. The summed E-state index contributed by atoms with van der Waals surface area (Å²) in [6.07, 6.45) is 3.24. The monoisotopic (exact) mass is 344 g/mol. The quantitative estimate of drug-likeness (QED) is 0.712. The Morgan fingerprint density at radius 2 is 1.96 bits per heavy atom. The normalized spacial score (nSPS) is 18.8. The summed E-state index contributed by atoms with van der Waals surface area (Å²) in [6, 6.07) is 4.01. The first-order valence-electron chi connectivity index (χ1n) is 7.31. The van der Waals surface area contributed by atoms with Crippen molar-refractivity contribution in [3.05, 3.63) is 35.9 Å². The molecule has 1 aliphatic heterocycles. The predicted octanol–water partition coefficient (Wildman–Crippen LogP) is 1.95. The molecule has 1 aliphatic rings. The lowest BCUT2D eigenvalue weighted by molar-refractivity contribution is -0.127. The third-order valence-corrected chi connectivity index (χ3v) is 4.71. The van der Waals surface area contributed by atoms with Gasteiger partial charge in [0, 0.05) is 18.5 Å². The molecule has 1 atom stereocenters. The molecule has 0 radical (unpaired) electrons. The second-order valence-electron chi connectivity index (χ2n) is 5.75.